The van der Waals surface area contributed by atoms with Crippen LogP contribution in [-0.2, 0) is 38.1 Å². The normalized spacial score (nSPS) is 13.8. The summed E-state index contributed by atoms with van der Waals surface area (Å²) in [6.07, 6.45) is 1.19. The molecule has 1 aliphatic carbocycles. The predicted molar refractivity (Wildman–Crippen MR) is 136 cm³/mol. The Bertz CT molecular complexity index is 763. The van der Waals surface area contributed by atoms with Crippen LogP contribution in [0.25, 0.3) is 0 Å². The molecule has 0 amide bonds. The summed E-state index contributed by atoms with van der Waals surface area (Å²) in [5, 5.41) is 0.194. The highest BCUT2D eigenvalue weighted by Crippen LogP contribution is 2.43. The number of ether oxygens (including phenoxy) is 4. The van der Waals surface area contributed by atoms with Crippen LogP contribution in [0, 0.1) is 10.8 Å². The lowest BCUT2D eigenvalue weighted by Crippen LogP contribution is -2.41. The number of methoxy groups -OCH3 is 4. The Labute approximate surface area is 218 Å². The molecule has 0 aromatic carbocycles. The zero-order chi connectivity index (χ0) is 28.0. The van der Waals surface area contributed by atoms with Gasteiger partial charge in [0, 0.05) is 0 Å². The molecule has 1 rings (SSSR count). The van der Waals surface area contributed by atoms with Crippen LogP contribution in [0.1, 0.15) is 53.4 Å². The fraction of sp³-hybridized carbons (Fsp3) is 0.600. The van der Waals surface area contributed by atoms with Gasteiger partial charge in [-0.2, -0.15) is 0 Å². The molecule has 0 aliphatic heterocycles. The van der Waals surface area contributed by atoms with E-state index in [4.69, 9.17) is 42.1 Å². The number of halogens is 2. The van der Waals surface area contributed by atoms with Crippen LogP contribution in [0.3, 0.4) is 0 Å². The molecule has 10 heteroatoms. The van der Waals surface area contributed by atoms with Crippen molar-refractivity contribution >= 4 is 47.1 Å². The molecule has 0 atom stereocenters. The van der Waals surface area contributed by atoms with Gasteiger partial charge < -0.3 is 18.9 Å². The number of allylic oxidation sites excluding steroid dienone is 4. The third-order valence-corrected chi connectivity index (χ3v) is 5.37. The monoisotopic (exact) mass is 536 g/mol. The Morgan fingerprint density at radius 2 is 1.06 bits per heavy atom. The van der Waals surface area contributed by atoms with Crippen molar-refractivity contribution in [3.8, 4) is 0 Å². The van der Waals surface area contributed by atoms with Gasteiger partial charge in [0.15, 0.2) is 10.8 Å². The summed E-state index contributed by atoms with van der Waals surface area (Å²) >= 11 is 9.53. The van der Waals surface area contributed by atoms with Gasteiger partial charge in [-0.15, -0.1) is 36.4 Å². The number of carbonyl (C=O) groups excluding carboxylic acids is 4. The van der Waals surface area contributed by atoms with E-state index in [0.717, 1.165) is 11.1 Å². The van der Waals surface area contributed by atoms with Crippen molar-refractivity contribution in [2.45, 2.75) is 53.4 Å². The maximum Gasteiger partial charge on any atom is 0.323 e. The molecule has 0 saturated carbocycles. The molecule has 35 heavy (non-hydrogen) atoms. The topological polar surface area (TPSA) is 105 Å². The summed E-state index contributed by atoms with van der Waals surface area (Å²) in [6.45, 7) is 14.8. The van der Waals surface area contributed by atoms with Gasteiger partial charge in [-0.3, -0.25) is 19.2 Å². The Morgan fingerprint density at radius 1 is 0.771 bits per heavy atom. The first-order valence-corrected chi connectivity index (χ1v) is 11.7. The quantitative estimate of drug-likeness (QED) is 0.138. The second-order valence-electron chi connectivity index (χ2n) is 8.41. The van der Waals surface area contributed by atoms with Crippen molar-refractivity contribution in [3.63, 3.8) is 0 Å². The summed E-state index contributed by atoms with van der Waals surface area (Å²) in [4.78, 5) is 47.2. The van der Waals surface area contributed by atoms with Crippen LogP contribution in [-0.4, -0.2) is 57.7 Å². The van der Waals surface area contributed by atoms with E-state index in [9.17, 15) is 19.2 Å². The predicted octanol–water partition coefficient (Wildman–Crippen LogP) is 5.12. The molecule has 0 N–H and O–H groups in total. The molecule has 0 aromatic heterocycles. The average molecular weight is 537 g/mol. The fourth-order valence-corrected chi connectivity index (χ4v) is 3.89. The van der Waals surface area contributed by atoms with Gasteiger partial charge >= 0.3 is 23.9 Å². The van der Waals surface area contributed by atoms with E-state index in [1.54, 1.807) is 13.8 Å². The van der Waals surface area contributed by atoms with Gasteiger partial charge in [0.2, 0.25) is 0 Å². The summed E-state index contributed by atoms with van der Waals surface area (Å²) in [7, 11) is 5.07. The first kappa shape index (κ1) is 34.8. The summed E-state index contributed by atoms with van der Waals surface area (Å²) < 4.78 is 18.8. The molecule has 0 unspecified atom stereocenters. The molecule has 200 valence electrons. The molecule has 1 aliphatic rings. The summed E-state index contributed by atoms with van der Waals surface area (Å²) in [5.41, 5.74) is 1.04. The zero-order valence-corrected chi connectivity index (χ0v) is 23.5. The highest BCUT2D eigenvalue weighted by molar-refractivity contribution is 6.40. The standard InChI is InChI=1S/C13H20O4.C11H16O4.CH2Cl2/c1-9(2)7-13(8-10(3)4,11(14)16-5)12(15)17-6;1-7-5-11(6-8(7)2,9(12)14-3)10(13)15-4;2-1-3/h1,3,7-8H2,2,4-6H3;5-6H2,1-4H3;1H2. The third-order valence-electron chi connectivity index (χ3n) is 5.37. The van der Waals surface area contributed by atoms with Crippen molar-refractivity contribution < 1.29 is 38.1 Å². The lowest BCUT2D eigenvalue weighted by Gasteiger charge is -2.28. The Morgan fingerprint density at radius 3 is 1.26 bits per heavy atom. The number of hydrogen-bond donors (Lipinski definition) is 0. The van der Waals surface area contributed by atoms with Crippen LogP contribution in [0.4, 0.5) is 0 Å². The Kier molecular flexibility index (Phi) is 16.3. The number of esters is 4. The van der Waals surface area contributed by atoms with E-state index in [0.29, 0.717) is 24.0 Å². The second kappa shape index (κ2) is 16.4. The maximum atomic E-state index is 11.9. The number of hydrogen-bond acceptors (Lipinski definition) is 8. The first-order valence-electron chi connectivity index (χ1n) is 10.6. The van der Waals surface area contributed by atoms with Crippen molar-refractivity contribution in [2.24, 2.45) is 10.8 Å². The average Bonchev–Trinajstić information content (AvgIpc) is 3.11. The minimum atomic E-state index is -1.36. The largest absolute Gasteiger partial charge is 0.468 e. The smallest absolute Gasteiger partial charge is 0.323 e. The SMILES string of the molecule is C=C(C)CC(CC(=C)C)(C(=O)OC)C(=O)OC.COC(=O)C1(C(=O)OC)CC(C)=C(C)C1.ClCCl. The molecule has 0 radical (unpaired) electrons. The van der Waals surface area contributed by atoms with Crippen LogP contribution < -0.4 is 0 Å². The Hall–Kier alpha value is -2.32. The minimum Gasteiger partial charge on any atom is -0.468 e. The molecule has 0 spiro atoms. The fourth-order valence-electron chi connectivity index (χ4n) is 3.89. The molecule has 0 fully saturated rings. The molecule has 0 bridgehead atoms. The highest BCUT2D eigenvalue weighted by atomic mass is 35.5. The number of carbonyl (C=O) groups is 4. The molecule has 0 saturated heterocycles. The third kappa shape index (κ3) is 9.68. The molecule has 0 heterocycles. The number of alkyl halides is 2. The van der Waals surface area contributed by atoms with E-state index >= 15 is 0 Å². The van der Waals surface area contributed by atoms with Gasteiger partial charge in [0.25, 0.3) is 0 Å². The Balaban J connectivity index is 0. The van der Waals surface area contributed by atoms with Crippen molar-refractivity contribution in [2.75, 3.05) is 33.8 Å². The van der Waals surface area contributed by atoms with Crippen molar-refractivity contribution in [1.82, 2.24) is 0 Å². The minimum absolute atomic E-state index is 0.194. The molecular weight excluding hydrogens is 499 g/mol. The zero-order valence-electron chi connectivity index (χ0n) is 22.0. The van der Waals surface area contributed by atoms with Gasteiger partial charge in [0.1, 0.15) is 0 Å². The van der Waals surface area contributed by atoms with Crippen molar-refractivity contribution in [3.05, 3.63) is 35.5 Å². The van der Waals surface area contributed by atoms with E-state index in [1.165, 1.54) is 28.4 Å². The van der Waals surface area contributed by atoms with E-state index < -0.39 is 34.7 Å². The molecular formula is C25H38Cl2O8. The lowest BCUT2D eigenvalue weighted by atomic mass is 9.77. The van der Waals surface area contributed by atoms with Crippen LogP contribution in [0.2, 0.25) is 0 Å². The van der Waals surface area contributed by atoms with Gasteiger partial charge in [-0.1, -0.05) is 22.3 Å². The first-order chi connectivity index (χ1) is 16.2. The van der Waals surface area contributed by atoms with E-state index in [-0.39, 0.29) is 18.2 Å². The van der Waals surface area contributed by atoms with E-state index in [2.05, 4.69) is 13.2 Å². The molecule has 0 aromatic rings. The highest BCUT2D eigenvalue weighted by Gasteiger charge is 2.51. The van der Waals surface area contributed by atoms with Gasteiger partial charge in [-0.25, -0.2) is 0 Å². The van der Waals surface area contributed by atoms with Gasteiger partial charge in [0.05, 0.1) is 33.8 Å². The lowest BCUT2D eigenvalue weighted by molar-refractivity contribution is -0.170. The van der Waals surface area contributed by atoms with Crippen LogP contribution in [0.15, 0.2) is 35.5 Å². The van der Waals surface area contributed by atoms with Crippen LogP contribution >= 0.6 is 23.2 Å². The maximum absolute atomic E-state index is 11.9. The summed E-state index contributed by atoms with van der Waals surface area (Å²) in [6, 6.07) is 0. The second-order valence-corrected chi connectivity index (χ2v) is 9.22. The van der Waals surface area contributed by atoms with E-state index in [1.807, 2.05) is 13.8 Å². The summed E-state index contributed by atoms with van der Waals surface area (Å²) in [5.74, 6) is -2.25. The van der Waals surface area contributed by atoms with Crippen LogP contribution in [0.5, 0.6) is 0 Å². The van der Waals surface area contributed by atoms with Gasteiger partial charge in [-0.05, 0) is 53.4 Å². The number of rotatable bonds is 8. The van der Waals surface area contributed by atoms with Crippen molar-refractivity contribution in [1.29, 1.82) is 0 Å². The molecule has 8 nitrogen and oxygen atoms in total.